The van der Waals surface area contributed by atoms with Crippen molar-refractivity contribution < 1.29 is 4.79 Å². The first kappa shape index (κ1) is 16.8. The quantitative estimate of drug-likeness (QED) is 0.840. The van der Waals surface area contributed by atoms with Crippen molar-refractivity contribution in [3.8, 4) is 0 Å². The van der Waals surface area contributed by atoms with E-state index in [2.05, 4.69) is 5.10 Å². The summed E-state index contributed by atoms with van der Waals surface area (Å²) in [6.07, 6.45) is 0. The molecule has 0 saturated heterocycles. The standard InChI is InChI=1S/C16H19Cl2N3O/c1-5-21-11(3)14(10(2)19-21)9-20(4)16(22)13-7-6-12(17)8-15(13)18/h6-8H,5,9H2,1-4H3. The summed E-state index contributed by atoms with van der Waals surface area (Å²) in [5, 5.41) is 5.36. The lowest BCUT2D eigenvalue weighted by molar-refractivity contribution is 0.0785. The lowest BCUT2D eigenvalue weighted by Crippen LogP contribution is -2.27. The van der Waals surface area contributed by atoms with Gasteiger partial charge in [-0.25, -0.2) is 0 Å². The number of amides is 1. The lowest BCUT2D eigenvalue weighted by atomic mass is 10.1. The van der Waals surface area contributed by atoms with Gasteiger partial charge in [-0.05, 0) is 39.0 Å². The summed E-state index contributed by atoms with van der Waals surface area (Å²) >= 11 is 12.0. The second kappa shape index (κ2) is 6.71. The normalized spacial score (nSPS) is 10.8. The van der Waals surface area contributed by atoms with Crippen molar-refractivity contribution in [2.24, 2.45) is 0 Å². The second-order valence-electron chi connectivity index (χ2n) is 5.25. The zero-order valence-electron chi connectivity index (χ0n) is 13.2. The Labute approximate surface area is 140 Å². The first-order chi connectivity index (χ1) is 10.3. The Bertz CT molecular complexity index is 710. The maximum absolute atomic E-state index is 12.6. The number of aromatic nitrogens is 2. The molecule has 2 aromatic rings. The van der Waals surface area contributed by atoms with E-state index in [1.807, 2.05) is 25.5 Å². The van der Waals surface area contributed by atoms with E-state index in [9.17, 15) is 4.79 Å². The summed E-state index contributed by atoms with van der Waals surface area (Å²) in [5.74, 6) is -0.135. The minimum Gasteiger partial charge on any atom is -0.337 e. The molecule has 1 heterocycles. The fourth-order valence-electron chi connectivity index (χ4n) is 2.45. The van der Waals surface area contributed by atoms with Crippen molar-refractivity contribution in [2.45, 2.75) is 33.9 Å². The molecule has 1 aromatic heterocycles. The van der Waals surface area contributed by atoms with Gasteiger partial charge in [-0.15, -0.1) is 0 Å². The third-order valence-corrected chi connectivity index (χ3v) is 4.28. The molecular weight excluding hydrogens is 321 g/mol. The number of benzene rings is 1. The molecule has 4 nitrogen and oxygen atoms in total. The molecule has 0 aliphatic heterocycles. The molecule has 0 spiro atoms. The molecule has 0 fully saturated rings. The largest absolute Gasteiger partial charge is 0.337 e. The van der Waals surface area contributed by atoms with E-state index in [1.54, 1.807) is 30.1 Å². The zero-order chi connectivity index (χ0) is 16.4. The Hall–Kier alpha value is -1.52. The second-order valence-corrected chi connectivity index (χ2v) is 6.09. The van der Waals surface area contributed by atoms with Crippen LogP contribution in [0.25, 0.3) is 0 Å². The van der Waals surface area contributed by atoms with Crippen LogP contribution in [0.1, 0.15) is 34.2 Å². The Balaban J connectivity index is 2.23. The van der Waals surface area contributed by atoms with E-state index >= 15 is 0 Å². The highest BCUT2D eigenvalue weighted by Crippen LogP contribution is 2.23. The fraction of sp³-hybridized carbons (Fsp3) is 0.375. The summed E-state index contributed by atoms with van der Waals surface area (Å²) in [7, 11) is 1.76. The van der Waals surface area contributed by atoms with Gasteiger partial charge in [0.1, 0.15) is 0 Å². The molecule has 1 amide bonds. The Morgan fingerprint density at radius 1 is 1.32 bits per heavy atom. The molecule has 0 atom stereocenters. The highest BCUT2D eigenvalue weighted by atomic mass is 35.5. The number of carbonyl (C=O) groups is 1. The van der Waals surface area contributed by atoms with Gasteiger partial charge in [-0.3, -0.25) is 9.48 Å². The highest BCUT2D eigenvalue weighted by Gasteiger charge is 2.19. The van der Waals surface area contributed by atoms with Crippen LogP contribution in [0.4, 0.5) is 0 Å². The van der Waals surface area contributed by atoms with Gasteiger partial charge >= 0.3 is 0 Å². The molecule has 22 heavy (non-hydrogen) atoms. The Morgan fingerprint density at radius 3 is 2.55 bits per heavy atom. The van der Waals surface area contributed by atoms with E-state index < -0.39 is 0 Å². The summed E-state index contributed by atoms with van der Waals surface area (Å²) in [5.41, 5.74) is 3.55. The number of hydrogen-bond donors (Lipinski definition) is 0. The SMILES string of the molecule is CCn1nc(C)c(CN(C)C(=O)c2ccc(Cl)cc2Cl)c1C. The van der Waals surface area contributed by atoms with Crippen LogP contribution in [0, 0.1) is 13.8 Å². The predicted octanol–water partition coefficient (Wildman–Crippen LogP) is 4.10. The minimum absolute atomic E-state index is 0.135. The minimum atomic E-state index is -0.135. The maximum Gasteiger partial charge on any atom is 0.255 e. The highest BCUT2D eigenvalue weighted by molar-refractivity contribution is 6.36. The van der Waals surface area contributed by atoms with Crippen LogP contribution in [-0.4, -0.2) is 27.6 Å². The first-order valence-electron chi connectivity index (χ1n) is 7.08. The predicted molar refractivity (Wildman–Crippen MR) is 89.6 cm³/mol. The van der Waals surface area contributed by atoms with Gasteiger partial charge in [0.05, 0.1) is 16.3 Å². The number of rotatable bonds is 4. The van der Waals surface area contributed by atoms with Gasteiger partial charge in [0.25, 0.3) is 5.91 Å². The first-order valence-corrected chi connectivity index (χ1v) is 7.84. The molecule has 0 saturated carbocycles. The third-order valence-electron chi connectivity index (χ3n) is 3.73. The van der Waals surface area contributed by atoms with Crippen molar-refractivity contribution in [3.05, 3.63) is 50.8 Å². The van der Waals surface area contributed by atoms with Crippen molar-refractivity contribution in [2.75, 3.05) is 7.05 Å². The van der Waals surface area contributed by atoms with Crippen LogP contribution in [-0.2, 0) is 13.1 Å². The Morgan fingerprint density at radius 2 is 2.00 bits per heavy atom. The van der Waals surface area contributed by atoms with Crippen LogP contribution in [0.2, 0.25) is 10.0 Å². The van der Waals surface area contributed by atoms with Crippen molar-refractivity contribution >= 4 is 29.1 Å². The third kappa shape index (κ3) is 3.28. The lowest BCUT2D eigenvalue weighted by Gasteiger charge is -2.18. The summed E-state index contributed by atoms with van der Waals surface area (Å²) in [6.45, 7) is 7.34. The molecule has 0 radical (unpaired) electrons. The van der Waals surface area contributed by atoms with Gasteiger partial charge < -0.3 is 4.90 Å². The van der Waals surface area contributed by atoms with Crippen molar-refractivity contribution in [3.63, 3.8) is 0 Å². The molecular formula is C16H19Cl2N3O. The molecule has 1 aromatic carbocycles. The molecule has 2 rings (SSSR count). The summed E-state index contributed by atoms with van der Waals surface area (Å²) < 4.78 is 1.94. The maximum atomic E-state index is 12.6. The molecule has 6 heteroatoms. The summed E-state index contributed by atoms with van der Waals surface area (Å²) in [4.78, 5) is 14.2. The number of halogens is 2. The van der Waals surface area contributed by atoms with Gasteiger partial charge in [-0.1, -0.05) is 23.2 Å². The van der Waals surface area contributed by atoms with E-state index in [-0.39, 0.29) is 5.91 Å². The number of carbonyl (C=O) groups excluding carboxylic acids is 1. The monoisotopic (exact) mass is 339 g/mol. The summed E-state index contributed by atoms with van der Waals surface area (Å²) in [6, 6.07) is 4.90. The van der Waals surface area contributed by atoms with Gasteiger partial charge in [-0.2, -0.15) is 5.10 Å². The van der Waals surface area contributed by atoms with Crippen LogP contribution in [0.5, 0.6) is 0 Å². The smallest absolute Gasteiger partial charge is 0.255 e. The molecule has 0 aliphatic rings. The van der Waals surface area contributed by atoms with Crippen LogP contribution in [0.15, 0.2) is 18.2 Å². The fourth-order valence-corrected chi connectivity index (χ4v) is 2.94. The topological polar surface area (TPSA) is 38.1 Å². The van der Waals surface area contributed by atoms with Crippen molar-refractivity contribution in [1.29, 1.82) is 0 Å². The molecule has 118 valence electrons. The van der Waals surface area contributed by atoms with Crippen LogP contribution >= 0.6 is 23.2 Å². The van der Waals surface area contributed by atoms with Gasteiger partial charge in [0, 0.05) is 36.4 Å². The average molecular weight is 340 g/mol. The average Bonchev–Trinajstić information content (AvgIpc) is 2.74. The van der Waals surface area contributed by atoms with Gasteiger partial charge in [0.15, 0.2) is 0 Å². The van der Waals surface area contributed by atoms with Crippen molar-refractivity contribution in [1.82, 2.24) is 14.7 Å². The molecule has 0 N–H and O–H groups in total. The van der Waals surface area contributed by atoms with E-state index in [4.69, 9.17) is 23.2 Å². The van der Waals surface area contributed by atoms with E-state index in [1.165, 1.54) is 0 Å². The number of nitrogens with zero attached hydrogens (tertiary/aromatic N) is 3. The van der Waals surface area contributed by atoms with Gasteiger partial charge in [0.2, 0.25) is 0 Å². The van der Waals surface area contributed by atoms with Crippen LogP contribution < -0.4 is 0 Å². The van der Waals surface area contributed by atoms with E-state index in [0.717, 1.165) is 23.5 Å². The van der Waals surface area contributed by atoms with Crippen LogP contribution in [0.3, 0.4) is 0 Å². The molecule has 0 bridgehead atoms. The Kier molecular flexibility index (Phi) is 5.14. The molecule has 0 aliphatic carbocycles. The van der Waals surface area contributed by atoms with E-state index in [0.29, 0.717) is 22.2 Å². The number of aryl methyl sites for hydroxylation is 2. The number of hydrogen-bond acceptors (Lipinski definition) is 2. The molecule has 0 unspecified atom stereocenters. The zero-order valence-corrected chi connectivity index (χ0v) is 14.7.